The molecule has 0 fully saturated rings. The molecule has 2 aromatic heterocycles. The fraction of sp³-hybridized carbons (Fsp3) is 0. The SMILES string of the molecule is O=c1oc2cc3c4ccccc4n(-c4cccc(-c5ccccc5)c4)c3c(-c3ccccc3)c2c2ccccc12. The summed E-state index contributed by atoms with van der Waals surface area (Å²) in [5, 5.41) is 4.57. The van der Waals surface area contributed by atoms with Crippen molar-refractivity contribution in [2.45, 2.75) is 0 Å². The highest BCUT2D eigenvalue weighted by Crippen LogP contribution is 2.44. The van der Waals surface area contributed by atoms with Crippen LogP contribution in [0.2, 0.25) is 0 Å². The fourth-order valence-corrected chi connectivity index (χ4v) is 6.09. The molecule has 2 heterocycles. The van der Waals surface area contributed by atoms with Gasteiger partial charge in [-0.2, -0.15) is 0 Å². The van der Waals surface area contributed by atoms with Crippen molar-refractivity contribution in [2.24, 2.45) is 0 Å². The molecule has 8 rings (SSSR count). The Morgan fingerprint density at radius 1 is 0.500 bits per heavy atom. The predicted octanol–water partition coefficient (Wildman–Crippen LogP) is 9.38. The van der Waals surface area contributed by atoms with E-state index in [1.54, 1.807) is 0 Å². The Hall–Kier alpha value is -5.41. The van der Waals surface area contributed by atoms with E-state index in [-0.39, 0.29) is 5.63 Å². The van der Waals surface area contributed by atoms with E-state index in [0.717, 1.165) is 55.0 Å². The zero-order valence-corrected chi connectivity index (χ0v) is 21.5. The van der Waals surface area contributed by atoms with Gasteiger partial charge in [0.05, 0.1) is 16.4 Å². The van der Waals surface area contributed by atoms with E-state index in [4.69, 9.17) is 4.42 Å². The normalized spacial score (nSPS) is 11.6. The lowest BCUT2D eigenvalue weighted by molar-refractivity contribution is 0.570. The van der Waals surface area contributed by atoms with Crippen molar-refractivity contribution in [1.82, 2.24) is 4.57 Å². The highest BCUT2D eigenvalue weighted by Gasteiger charge is 2.22. The molecule has 6 aromatic carbocycles. The van der Waals surface area contributed by atoms with Crippen molar-refractivity contribution in [3.05, 3.63) is 150 Å². The first kappa shape index (κ1) is 22.6. The Morgan fingerprint density at radius 3 is 1.90 bits per heavy atom. The van der Waals surface area contributed by atoms with Gasteiger partial charge < -0.3 is 8.98 Å². The van der Waals surface area contributed by atoms with Gasteiger partial charge in [0.2, 0.25) is 0 Å². The monoisotopic (exact) mass is 513 g/mol. The Labute approximate surface area is 230 Å². The summed E-state index contributed by atoms with van der Waals surface area (Å²) < 4.78 is 8.38. The maximum atomic E-state index is 13.1. The van der Waals surface area contributed by atoms with Crippen LogP contribution in [-0.4, -0.2) is 4.57 Å². The van der Waals surface area contributed by atoms with Gasteiger partial charge in [-0.15, -0.1) is 0 Å². The molecule has 3 heteroatoms. The van der Waals surface area contributed by atoms with Crippen molar-refractivity contribution in [3.8, 4) is 27.9 Å². The number of benzene rings is 6. The Kier molecular flexibility index (Phi) is 4.98. The van der Waals surface area contributed by atoms with Crippen LogP contribution in [0.1, 0.15) is 0 Å². The first-order valence-electron chi connectivity index (χ1n) is 13.4. The number of aromatic nitrogens is 1. The zero-order chi connectivity index (χ0) is 26.6. The van der Waals surface area contributed by atoms with Gasteiger partial charge in [0.25, 0.3) is 0 Å². The minimum atomic E-state index is -0.319. The standard InChI is InChI=1S/C37H23NO2/c39-37-30-20-8-7-19-29(30)35-33(40-37)23-31-28-18-9-10-21-32(28)38(36(31)34(35)25-14-5-2-6-15-25)27-17-11-16-26(22-27)24-12-3-1-4-13-24/h1-23H. The molecular formula is C37H23NO2. The smallest absolute Gasteiger partial charge is 0.344 e. The van der Waals surface area contributed by atoms with Crippen molar-refractivity contribution in [1.29, 1.82) is 0 Å². The second-order valence-corrected chi connectivity index (χ2v) is 10.1. The highest BCUT2D eigenvalue weighted by molar-refractivity contribution is 6.24. The minimum Gasteiger partial charge on any atom is -0.422 e. The first-order valence-corrected chi connectivity index (χ1v) is 13.4. The molecule has 40 heavy (non-hydrogen) atoms. The largest absolute Gasteiger partial charge is 0.422 e. The van der Waals surface area contributed by atoms with Gasteiger partial charge in [0.15, 0.2) is 0 Å². The topological polar surface area (TPSA) is 35.1 Å². The van der Waals surface area contributed by atoms with Crippen LogP contribution in [0.4, 0.5) is 0 Å². The molecule has 0 aliphatic heterocycles. The molecule has 0 saturated heterocycles. The van der Waals surface area contributed by atoms with E-state index in [1.807, 2.05) is 42.5 Å². The van der Waals surface area contributed by atoms with Gasteiger partial charge in [-0.1, -0.05) is 109 Å². The summed E-state index contributed by atoms with van der Waals surface area (Å²) in [6.07, 6.45) is 0. The molecule has 0 N–H and O–H groups in total. The highest BCUT2D eigenvalue weighted by atomic mass is 16.4. The molecule has 188 valence electrons. The van der Waals surface area contributed by atoms with Gasteiger partial charge in [-0.05, 0) is 47.0 Å². The van der Waals surface area contributed by atoms with E-state index >= 15 is 0 Å². The maximum absolute atomic E-state index is 13.1. The van der Waals surface area contributed by atoms with Crippen LogP contribution >= 0.6 is 0 Å². The lowest BCUT2D eigenvalue weighted by Gasteiger charge is -2.16. The molecule has 0 spiro atoms. The van der Waals surface area contributed by atoms with Crippen molar-refractivity contribution < 1.29 is 4.42 Å². The summed E-state index contributed by atoms with van der Waals surface area (Å²) in [6, 6.07) is 47.8. The summed E-state index contributed by atoms with van der Waals surface area (Å²) >= 11 is 0. The average molecular weight is 514 g/mol. The number of hydrogen-bond donors (Lipinski definition) is 0. The number of hydrogen-bond acceptors (Lipinski definition) is 2. The molecule has 0 atom stereocenters. The van der Waals surface area contributed by atoms with Crippen molar-refractivity contribution in [3.63, 3.8) is 0 Å². The van der Waals surface area contributed by atoms with Crippen molar-refractivity contribution >= 4 is 43.5 Å². The van der Waals surface area contributed by atoms with E-state index < -0.39 is 0 Å². The van der Waals surface area contributed by atoms with Crippen LogP contribution in [0.15, 0.2) is 149 Å². The Morgan fingerprint density at radius 2 is 1.12 bits per heavy atom. The maximum Gasteiger partial charge on any atom is 0.344 e. The summed E-state index contributed by atoms with van der Waals surface area (Å²) in [4.78, 5) is 13.1. The number of para-hydroxylation sites is 1. The molecule has 0 bridgehead atoms. The van der Waals surface area contributed by atoms with E-state index in [2.05, 4.69) is 102 Å². The predicted molar refractivity (Wildman–Crippen MR) is 165 cm³/mol. The van der Waals surface area contributed by atoms with Gasteiger partial charge in [-0.3, -0.25) is 0 Å². The molecule has 3 nitrogen and oxygen atoms in total. The molecule has 0 aliphatic rings. The molecular weight excluding hydrogens is 490 g/mol. The molecule has 0 amide bonds. The van der Waals surface area contributed by atoms with E-state index in [1.165, 1.54) is 5.56 Å². The molecule has 0 radical (unpaired) electrons. The second-order valence-electron chi connectivity index (χ2n) is 10.1. The van der Waals surface area contributed by atoms with Gasteiger partial charge in [0, 0.05) is 32.8 Å². The van der Waals surface area contributed by atoms with Gasteiger partial charge in [0.1, 0.15) is 5.58 Å². The van der Waals surface area contributed by atoms with Crippen LogP contribution in [0, 0.1) is 0 Å². The molecule has 8 aromatic rings. The summed E-state index contributed by atoms with van der Waals surface area (Å²) in [5.41, 5.74) is 7.98. The summed E-state index contributed by atoms with van der Waals surface area (Å²) in [5.74, 6) is 0. The Balaban J connectivity index is 1.61. The van der Waals surface area contributed by atoms with Gasteiger partial charge >= 0.3 is 5.63 Å². The first-order chi connectivity index (χ1) is 19.8. The quantitative estimate of drug-likeness (QED) is 0.174. The molecule has 0 saturated carbocycles. The molecule has 0 aliphatic carbocycles. The fourth-order valence-electron chi connectivity index (χ4n) is 6.09. The minimum absolute atomic E-state index is 0.319. The zero-order valence-electron chi connectivity index (χ0n) is 21.5. The van der Waals surface area contributed by atoms with E-state index in [9.17, 15) is 4.79 Å². The average Bonchev–Trinajstić information content (AvgIpc) is 3.35. The number of fused-ring (bicyclic) bond motifs is 6. The third-order valence-electron chi connectivity index (χ3n) is 7.82. The molecule has 0 unspecified atom stereocenters. The van der Waals surface area contributed by atoms with Crippen LogP contribution in [0.25, 0.3) is 71.5 Å². The number of rotatable bonds is 3. The third kappa shape index (κ3) is 3.35. The lowest BCUT2D eigenvalue weighted by Crippen LogP contribution is -2.02. The van der Waals surface area contributed by atoms with Crippen molar-refractivity contribution in [2.75, 3.05) is 0 Å². The Bertz CT molecular complexity index is 2280. The van der Waals surface area contributed by atoms with E-state index in [0.29, 0.717) is 11.0 Å². The van der Waals surface area contributed by atoms with Crippen LogP contribution < -0.4 is 5.63 Å². The van der Waals surface area contributed by atoms with Gasteiger partial charge in [-0.25, -0.2) is 4.79 Å². The lowest BCUT2D eigenvalue weighted by atomic mass is 9.94. The second kappa shape index (κ2) is 8.82. The third-order valence-corrected chi connectivity index (χ3v) is 7.82. The van der Waals surface area contributed by atoms with Crippen LogP contribution in [-0.2, 0) is 0 Å². The van der Waals surface area contributed by atoms with Crippen LogP contribution in [0.5, 0.6) is 0 Å². The van der Waals surface area contributed by atoms with Crippen LogP contribution in [0.3, 0.4) is 0 Å². The summed E-state index contributed by atoms with van der Waals surface area (Å²) in [7, 11) is 0. The number of nitrogens with zero attached hydrogens (tertiary/aromatic N) is 1. The summed E-state index contributed by atoms with van der Waals surface area (Å²) in [6.45, 7) is 0.